The third-order valence-corrected chi connectivity index (χ3v) is 6.03. The van der Waals surface area contributed by atoms with Crippen molar-refractivity contribution >= 4 is 23.8 Å². The molecule has 1 N–H and O–H groups in total. The van der Waals surface area contributed by atoms with Gasteiger partial charge in [-0.2, -0.15) is 0 Å². The molecule has 0 spiro atoms. The number of fused-ring (bicyclic) bond motifs is 3. The van der Waals surface area contributed by atoms with Crippen LogP contribution in [0.4, 0.5) is 4.79 Å². The van der Waals surface area contributed by atoms with Gasteiger partial charge in [0, 0.05) is 5.92 Å². The van der Waals surface area contributed by atoms with E-state index < -0.39 is 18.1 Å². The lowest BCUT2D eigenvalue weighted by molar-refractivity contribution is -0.148. The lowest BCUT2D eigenvalue weighted by atomic mass is 9.98. The van der Waals surface area contributed by atoms with Crippen molar-refractivity contribution < 1.29 is 23.8 Å². The Morgan fingerprint density at radius 2 is 1.50 bits per heavy atom. The van der Waals surface area contributed by atoms with Crippen molar-refractivity contribution in [3.8, 4) is 11.1 Å². The number of thioether (sulfide) groups is 1. The Bertz CT molecular complexity index is 1080. The fraction of sp³-hybridized carbons (Fsp3) is 0.259. The molecule has 1 atom stereocenters. The highest BCUT2D eigenvalue weighted by Crippen LogP contribution is 2.44. The second-order valence-electron chi connectivity index (χ2n) is 7.89. The standard InChI is InChI=1S/C27H27NO5S/c1-34-18-31-17-25(26(29)32-15-19-9-3-2-4-10-19)28-27(30)33-16-24-22-13-7-5-11-20(22)21-12-6-8-14-23(21)24/h2-14,24-25H,15-18H2,1H3,(H,28,30)/t25-/m0/s1. The van der Waals surface area contributed by atoms with Crippen LogP contribution in [0.25, 0.3) is 11.1 Å². The van der Waals surface area contributed by atoms with E-state index in [-0.39, 0.29) is 25.7 Å². The average Bonchev–Trinajstić information content (AvgIpc) is 3.20. The highest BCUT2D eigenvalue weighted by atomic mass is 32.2. The van der Waals surface area contributed by atoms with Crippen LogP contribution < -0.4 is 5.32 Å². The molecule has 3 aromatic rings. The van der Waals surface area contributed by atoms with E-state index in [1.807, 2.05) is 60.9 Å². The number of carbonyl (C=O) groups excluding carboxylic acids is 2. The molecule has 176 valence electrons. The van der Waals surface area contributed by atoms with Gasteiger partial charge < -0.3 is 19.5 Å². The van der Waals surface area contributed by atoms with Crippen molar-refractivity contribution in [3.05, 3.63) is 95.6 Å². The number of benzene rings is 3. The van der Waals surface area contributed by atoms with E-state index in [0.29, 0.717) is 5.94 Å². The number of nitrogens with one attached hydrogen (secondary N) is 1. The van der Waals surface area contributed by atoms with Crippen LogP contribution in [0.15, 0.2) is 78.9 Å². The minimum atomic E-state index is -0.966. The molecule has 3 aromatic carbocycles. The summed E-state index contributed by atoms with van der Waals surface area (Å²) in [5, 5.41) is 2.61. The first-order valence-corrected chi connectivity index (χ1v) is 12.5. The molecule has 0 heterocycles. The number of hydrogen-bond donors (Lipinski definition) is 1. The average molecular weight is 478 g/mol. The fourth-order valence-electron chi connectivity index (χ4n) is 4.03. The summed E-state index contributed by atoms with van der Waals surface area (Å²) >= 11 is 1.48. The van der Waals surface area contributed by atoms with Crippen molar-refractivity contribution in [1.29, 1.82) is 0 Å². The largest absolute Gasteiger partial charge is 0.459 e. The van der Waals surface area contributed by atoms with Crippen molar-refractivity contribution in [2.75, 3.05) is 25.4 Å². The summed E-state index contributed by atoms with van der Waals surface area (Å²) in [5.41, 5.74) is 5.41. The molecule has 1 amide bonds. The molecule has 0 saturated carbocycles. The van der Waals surface area contributed by atoms with Gasteiger partial charge in [0.25, 0.3) is 0 Å². The quantitative estimate of drug-likeness (QED) is 0.252. The lowest BCUT2D eigenvalue weighted by Gasteiger charge is -2.19. The van der Waals surface area contributed by atoms with E-state index in [4.69, 9.17) is 14.2 Å². The highest BCUT2D eigenvalue weighted by Gasteiger charge is 2.30. The SMILES string of the molecule is CSCOC[C@H](NC(=O)OCC1c2ccccc2-c2ccccc21)C(=O)OCc1ccccc1. The van der Waals surface area contributed by atoms with Crippen LogP contribution in [-0.4, -0.2) is 43.5 Å². The second kappa shape index (κ2) is 11.7. The van der Waals surface area contributed by atoms with Gasteiger partial charge in [-0.25, -0.2) is 9.59 Å². The van der Waals surface area contributed by atoms with Gasteiger partial charge in [-0.05, 0) is 34.1 Å². The van der Waals surface area contributed by atoms with Gasteiger partial charge in [0.1, 0.15) is 13.2 Å². The third kappa shape index (κ3) is 5.79. The van der Waals surface area contributed by atoms with Gasteiger partial charge in [-0.15, -0.1) is 11.8 Å². The predicted molar refractivity (Wildman–Crippen MR) is 133 cm³/mol. The predicted octanol–water partition coefficient (Wildman–Crippen LogP) is 4.97. The first-order valence-electron chi connectivity index (χ1n) is 11.1. The summed E-state index contributed by atoms with van der Waals surface area (Å²) in [6.45, 7) is 0.279. The monoisotopic (exact) mass is 477 g/mol. The smallest absolute Gasteiger partial charge is 0.407 e. The molecule has 0 aliphatic heterocycles. The van der Waals surface area contributed by atoms with E-state index in [0.717, 1.165) is 27.8 Å². The Morgan fingerprint density at radius 1 is 0.882 bits per heavy atom. The summed E-state index contributed by atoms with van der Waals surface area (Å²) in [6, 6.07) is 24.7. The van der Waals surface area contributed by atoms with Crippen LogP contribution in [0, 0.1) is 0 Å². The molecule has 1 aliphatic rings. The molecule has 0 aromatic heterocycles. The van der Waals surface area contributed by atoms with Crippen LogP contribution in [0.2, 0.25) is 0 Å². The Balaban J connectivity index is 1.37. The first kappa shape index (κ1) is 23.9. The maximum Gasteiger partial charge on any atom is 0.407 e. The second-order valence-corrected chi connectivity index (χ2v) is 8.71. The van der Waals surface area contributed by atoms with Gasteiger partial charge in [-0.3, -0.25) is 0 Å². The Morgan fingerprint density at radius 3 is 2.15 bits per heavy atom. The lowest BCUT2D eigenvalue weighted by Crippen LogP contribution is -2.45. The highest BCUT2D eigenvalue weighted by molar-refractivity contribution is 7.98. The summed E-state index contributed by atoms with van der Waals surface area (Å²) in [5.74, 6) is -0.234. The maximum absolute atomic E-state index is 12.7. The van der Waals surface area contributed by atoms with Gasteiger partial charge >= 0.3 is 12.1 Å². The van der Waals surface area contributed by atoms with E-state index >= 15 is 0 Å². The molecule has 0 radical (unpaired) electrons. The summed E-state index contributed by atoms with van der Waals surface area (Å²) < 4.78 is 16.4. The molecule has 6 nitrogen and oxygen atoms in total. The number of amides is 1. The van der Waals surface area contributed by atoms with Crippen molar-refractivity contribution in [1.82, 2.24) is 5.32 Å². The summed E-state index contributed by atoms with van der Waals surface area (Å²) in [6.07, 6.45) is 1.21. The molecule has 4 rings (SSSR count). The van der Waals surface area contributed by atoms with Crippen LogP contribution in [0.3, 0.4) is 0 Å². The number of ether oxygens (including phenoxy) is 3. The molecule has 1 aliphatic carbocycles. The topological polar surface area (TPSA) is 73.9 Å². The van der Waals surface area contributed by atoms with Crippen molar-refractivity contribution in [2.45, 2.75) is 18.6 Å². The number of carbonyl (C=O) groups is 2. The summed E-state index contributed by atoms with van der Waals surface area (Å²) in [4.78, 5) is 25.3. The number of esters is 1. The minimum Gasteiger partial charge on any atom is -0.459 e. The zero-order chi connectivity index (χ0) is 23.8. The number of rotatable bonds is 10. The van der Waals surface area contributed by atoms with E-state index in [1.165, 1.54) is 11.8 Å². The van der Waals surface area contributed by atoms with Crippen molar-refractivity contribution in [2.24, 2.45) is 0 Å². The van der Waals surface area contributed by atoms with Crippen LogP contribution >= 0.6 is 11.8 Å². The molecule has 34 heavy (non-hydrogen) atoms. The molecule has 0 saturated heterocycles. The molecular weight excluding hydrogens is 450 g/mol. The van der Waals surface area contributed by atoms with Crippen LogP contribution in [-0.2, 0) is 25.6 Å². The molecule has 0 fully saturated rings. The molecular formula is C27H27NO5S. The molecule has 7 heteroatoms. The third-order valence-electron chi connectivity index (χ3n) is 5.63. The Kier molecular flexibility index (Phi) is 8.22. The zero-order valence-corrected chi connectivity index (χ0v) is 19.8. The first-order chi connectivity index (χ1) is 16.7. The van der Waals surface area contributed by atoms with E-state index in [9.17, 15) is 9.59 Å². The maximum atomic E-state index is 12.7. The fourth-order valence-corrected chi connectivity index (χ4v) is 4.29. The minimum absolute atomic E-state index is 0.00133. The van der Waals surface area contributed by atoms with Gasteiger partial charge in [0.05, 0.1) is 12.5 Å². The number of hydrogen-bond acceptors (Lipinski definition) is 6. The van der Waals surface area contributed by atoms with Gasteiger partial charge in [0.15, 0.2) is 6.04 Å². The van der Waals surface area contributed by atoms with E-state index in [2.05, 4.69) is 29.6 Å². The molecule has 0 unspecified atom stereocenters. The van der Waals surface area contributed by atoms with E-state index in [1.54, 1.807) is 0 Å². The normalized spacial score (nSPS) is 13.0. The zero-order valence-electron chi connectivity index (χ0n) is 18.9. The van der Waals surface area contributed by atoms with Gasteiger partial charge in [-0.1, -0.05) is 78.9 Å². The van der Waals surface area contributed by atoms with Gasteiger partial charge in [0.2, 0.25) is 0 Å². The molecule has 0 bridgehead atoms. The Labute approximate surface area is 203 Å². The van der Waals surface area contributed by atoms with Crippen molar-refractivity contribution in [3.63, 3.8) is 0 Å². The number of alkyl carbamates (subject to hydrolysis) is 1. The van der Waals surface area contributed by atoms with Crippen LogP contribution in [0.5, 0.6) is 0 Å². The Hall–Kier alpha value is -3.29. The summed E-state index contributed by atoms with van der Waals surface area (Å²) in [7, 11) is 0. The van der Waals surface area contributed by atoms with Crippen LogP contribution in [0.1, 0.15) is 22.6 Å².